The molecule has 0 fully saturated rings. The summed E-state index contributed by atoms with van der Waals surface area (Å²) in [7, 11) is 1.66. The molecule has 0 aromatic heterocycles. The maximum absolute atomic E-state index is 13.6. The maximum atomic E-state index is 13.6. The van der Waals surface area contributed by atoms with Gasteiger partial charge in [-0.1, -0.05) is 12.1 Å². The zero-order valence-corrected chi connectivity index (χ0v) is 8.90. The summed E-state index contributed by atoms with van der Waals surface area (Å²) in [4.78, 5) is 12.2. The number of amides is 1. The third-order valence-corrected chi connectivity index (χ3v) is 2.07. The molecule has 0 atom stereocenters. The Morgan fingerprint density at radius 1 is 1.62 bits per heavy atom. The van der Waals surface area contributed by atoms with E-state index in [4.69, 9.17) is 11.0 Å². The molecule has 0 radical (unpaired) electrons. The lowest BCUT2D eigenvalue weighted by Gasteiger charge is -2.15. The second-order valence-electron chi connectivity index (χ2n) is 3.53. The van der Waals surface area contributed by atoms with Gasteiger partial charge in [0.25, 0.3) is 0 Å². The van der Waals surface area contributed by atoms with Crippen molar-refractivity contribution >= 4 is 5.91 Å². The minimum absolute atomic E-state index is 0.00461. The highest BCUT2D eigenvalue weighted by atomic mass is 19.1. The molecule has 16 heavy (non-hydrogen) atoms. The van der Waals surface area contributed by atoms with Gasteiger partial charge in [0.1, 0.15) is 11.9 Å². The lowest BCUT2D eigenvalue weighted by Crippen LogP contribution is -2.30. The Balaban J connectivity index is 2.82. The molecule has 0 saturated heterocycles. The Labute approximate surface area is 93.1 Å². The maximum Gasteiger partial charge on any atom is 0.231 e. The zero-order chi connectivity index (χ0) is 12.1. The van der Waals surface area contributed by atoms with E-state index in [1.165, 1.54) is 6.07 Å². The quantitative estimate of drug-likeness (QED) is 0.810. The smallest absolute Gasteiger partial charge is 0.231 e. The highest BCUT2D eigenvalue weighted by molar-refractivity contribution is 5.75. The summed E-state index contributed by atoms with van der Waals surface area (Å²) in [6.45, 7) is 0.292. The summed E-state index contributed by atoms with van der Waals surface area (Å²) >= 11 is 0. The number of nitrogens with zero attached hydrogens (tertiary/aromatic N) is 2. The first-order chi connectivity index (χ1) is 7.54. The van der Waals surface area contributed by atoms with Crippen molar-refractivity contribution in [1.82, 2.24) is 4.90 Å². The van der Waals surface area contributed by atoms with Crippen molar-refractivity contribution in [3.8, 4) is 6.07 Å². The number of primary amides is 1. The third-order valence-electron chi connectivity index (χ3n) is 2.07. The number of carbonyl (C=O) groups is 1. The van der Waals surface area contributed by atoms with Crippen LogP contribution in [0.4, 0.5) is 4.39 Å². The Hall–Kier alpha value is -1.93. The predicted octanol–water partition coefficient (Wildman–Crippen LogP) is 0.614. The summed E-state index contributed by atoms with van der Waals surface area (Å²) in [5.74, 6) is -1.01. The minimum Gasteiger partial charge on any atom is -0.369 e. The van der Waals surface area contributed by atoms with Gasteiger partial charge in [0.15, 0.2) is 0 Å². The predicted molar refractivity (Wildman–Crippen MR) is 56.6 cm³/mol. The Kier molecular flexibility index (Phi) is 3.97. The SMILES string of the molecule is CN(CC(N)=O)Cc1cccc(C#N)c1F. The summed E-state index contributed by atoms with van der Waals surface area (Å²) in [6.07, 6.45) is 0. The summed E-state index contributed by atoms with van der Waals surface area (Å²) in [5.41, 5.74) is 5.40. The fourth-order valence-corrected chi connectivity index (χ4v) is 1.40. The molecule has 1 aromatic carbocycles. The van der Waals surface area contributed by atoms with Crippen LogP contribution in [0.25, 0.3) is 0 Å². The average molecular weight is 221 g/mol. The number of hydrogen-bond donors (Lipinski definition) is 1. The lowest BCUT2D eigenvalue weighted by molar-refractivity contribution is -0.118. The van der Waals surface area contributed by atoms with E-state index in [1.807, 2.05) is 0 Å². The fraction of sp³-hybridized carbons (Fsp3) is 0.273. The standard InChI is InChI=1S/C11H12FN3O/c1-15(7-10(14)16)6-9-4-2-3-8(5-13)11(9)12/h2-4H,6-7H2,1H3,(H2,14,16). The molecule has 1 rings (SSSR count). The van der Waals surface area contributed by atoms with Crippen LogP contribution in [0.2, 0.25) is 0 Å². The molecule has 0 unspecified atom stereocenters. The number of nitriles is 1. The van der Waals surface area contributed by atoms with E-state index in [9.17, 15) is 9.18 Å². The van der Waals surface area contributed by atoms with Crippen molar-refractivity contribution in [2.24, 2.45) is 5.73 Å². The van der Waals surface area contributed by atoms with Gasteiger partial charge in [0.05, 0.1) is 12.1 Å². The van der Waals surface area contributed by atoms with Crippen molar-refractivity contribution in [2.45, 2.75) is 6.54 Å². The molecular weight excluding hydrogens is 209 g/mol. The first kappa shape index (κ1) is 12.1. The summed E-state index contributed by atoms with van der Waals surface area (Å²) in [5, 5.41) is 8.64. The van der Waals surface area contributed by atoms with E-state index in [0.29, 0.717) is 5.56 Å². The molecule has 0 spiro atoms. The van der Waals surface area contributed by atoms with E-state index in [1.54, 1.807) is 30.1 Å². The van der Waals surface area contributed by atoms with Gasteiger partial charge in [-0.25, -0.2) is 4.39 Å². The third kappa shape index (κ3) is 3.04. The van der Waals surface area contributed by atoms with Gasteiger partial charge in [0, 0.05) is 12.1 Å². The summed E-state index contributed by atoms with van der Waals surface area (Å²) in [6, 6.07) is 6.36. The van der Waals surface area contributed by atoms with Gasteiger partial charge in [-0.3, -0.25) is 9.69 Å². The van der Waals surface area contributed by atoms with Gasteiger partial charge in [-0.2, -0.15) is 5.26 Å². The van der Waals surface area contributed by atoms with Crippen LogP contribution in [-0.2, 0) is 11.3 Å². The first-order valence-electron chi connectivity index (χ1n) is 4.69. The van der Waals surface area contributed by atoms with Gasteiger partial charge in [-0.05, 0) is 13.1 Å². The molecule has 2 N–H and O–H groups in total. The fourth-order valence-electron chi connectivity index (χ4n) is 1.40. The van der Waals surface area contributed by atoms with E-state index < -0.39 is 11.7 Å². The van der Waals surface area contributed by atoms with Crippen LogP contribution in [0.5, 0.6) is 0 Å². The molecular formula is C11H12FN3O. The Bertz CT molecular complexity index is 439. The topological polar surface area (TPSA) is 70.1 Å². The van der Waals surface area contributed by atoms with Gasteiger partial charge in [-0.15, -0.1) is 0 Å². The van der Waals surface area contributed by atoms with Gasteiger partial charge >= 0.3 is 0 Å². The van der Waals surface area contributed by atoms with Crippen molar-refractivity contribution < 1.29 is 9.18 Å². The number of rotatable bonds is 4. The van der Waals surface area contributed by atoms with Crippen LogP contribution < -0.4 is 5.73 Å². The van der Waals surface area contributed by atoms with E-state index in [0.717, 1.165) is 0 Å². The first-order valence-corrected chi connectivity index (χ1v) is 4.69. The highest BCUT2D eigenvalue weighted by Gasteiger charge is 2.10. The minimum atomic E-state index is -0.540. The monoisotopic (exact) mass is 221 g/mol. The zero-order valence-electron chi connectivity index (χ0n) is 8.90. The molecule has 0 aliphatic rings. The molecule has 0 aliphatic carbocycles. The summed E-state index contributed by atoms with van der Waals surface area (Å²) < 4.78 is 13.6. The Morgan fingerprint density at radius 2 is 2.31 bits per heavy atom. The molecule has 0 heterocycles. The molecule has 0 saturated carbocycles. The van der Waals surface area contributed by atoms with E-state index >= 15 is 0 Å². The van der Waals surface area contributed by atoms with E-state index in [2.05, 4.69) is 0 Å². The molecule has 0 aliphatic heterocycles. The molecule has 4 nitrogen and oxygen atoms in total. The van der Waals surface area contributed by atoms with Crippen molar-refractivity contribution in [3.63, 3.8) is 0 Å². The average Bonchev–Trinajstić information content (AvgIpc) is 2.20. The van der Waals surface area contributed by atoms with Crippen molar-refractivity contribution in [1.29, 1.82) is 5.26 Å². The number of likely N-dealkylation sites (N-methyl/N-ethyl adjacent to an activating group) is 1. The second kappa shape index (κ2) is 5.24. The molecule has 1 aromatic rings. The number of hydrogen-bond acceptors (Lipinski definition) is 3. The van der Waals surface area contributed by atoms with Crippen LogP contribution in [0.3, 0.4) is 0 Å². The highest BCUT2D eigenvalue weighted by Crippen LogP contribution is 2.13. The van der Waals surface area contributed by atoms with Crippen LogP contribution in [0.1, 0.15) is 11.1 Å². The van der Waals surface area contributed by atoms with Crippen molar-refractivity contribution in [3.05, 3.63) is 35.1 Å². The molecule has 84 valence electrons. The number of nitrogens with two attached hydrogens (primary N) is 1. The largest absolute Gasteiger partial charge is 0.369 e. The normalized spacial score (nSPS) is 10.1. The van der Waals surface area contributed by atoms with E-state index in [-0.39, 0.29) is 18.7 Å². The molecule has 0 bridgehead atoms. The Morgan fingerprint density at radius 3 is 2.88 bits per heavy atom. The van der Waals surface area contributed by atoms with Gasteiger partial charge in [0.2, 0.25) is 5.91 Å². The number of carbonyl (C=O) groups excluding carboxylic acids is 1. The van der Waals surface area contributed by atoms with Crippen LogP contribution >= 0.6 is 0 Å². The van der Waals surface area contributed by atoms with Gasteiger partial charge < -0.3 is 5.73 Å². The van der Waals surface area contributed by atoms with Crippen molar-refractivity contribution in [2.75, 3.05) is 13.6 Å². The van der Waals surface area contributed by atoms with Crippen LogP contribution in [-0.4, -0.2) is 24.4 Å². The molecule has 1 amide bonds. The van der Waals surface area contributed by atoms with Crippen LogP contribution in [0, 0.1) is 17.1 Å². The second-order valence-corrected chi connectivity index (χ2v) is 3.53. The lowest BCUT2D eigenvalue weighted by atomic mass is 10.1. The molecule has 5 heteroatoms. The number of benzene rings is 1. The van der Waals surface area contributed by atoms with Crippen LogP contribution in [0.15, 0.2) is 18.2 Å². The number of halogens is 1.